The summed E-state index contributed by atoms with van der Waals surface area (Å²) in [5.41, 5.74) is 1.20. The van der Waals surface area contributed by atoms with E-state index in [-0.39, 0.29) is 24.4 Å². The minimum atomic E-state index is -0.379. The number of benzene rings is 2. The second-order valence-electron chi connectivity index (χ2n) is 6.22. The minimum Gasteiger partial charge on any atom is -0.484 e. The Bertz CT molecular complexity index is 687. The molecule has 3 rings (SSSR count). The average molecular weight is 342 g/mol. The standard InChI is InChI=1S/C20H23FN2O2/c21-17-9-6-10-18(13-17)25-15-20(24)22-14-19(23-11-4-5-12-23)16-7-2-1-3-8-16/h1-3,6-10,13,19H,4-5,11-12,14-15H2,(H,22,24)/t19-/m0/s1. The Morgan fingerprint density at radius 2 is 1.88 bits per heavy atom. The molecule has 0 unspecified atom stereocenters. The highest BCUT2D eigenvalue weighted by Crippen LogP contribution is 2.24. The zero-order chi connectivity index (χ0) is 17.5. The molecule has 4 nitrogen and oxygen atoms in total. The van der Waals surface area contributed by atoms with Crippen LogP contribution in [0.3, 0.4) is 0 Å². The monoisotopic (exact) mass is 342 g/mol. The molecule has 1 atom stereocenters. The van der Waals surface area contributed by atoms with E-state index in [1.165, 1.54) is 30.5 Å². The quantitative estimate of drug-likeness (QED) is 0.840. The lowest BCUT2D eigenvalue weighted by atomic mass is 10.1. The number of nitrogens with zero attached hydrogens (tertiary/aromatic N) is 1. The number of hydrogen-bond donors (Lipinski definition) is 1. The molecule has 2 aromatic rings. The molecule has 1 amide bonds. The van der Waals surface area contributed by atoms with Crippen molar-refractivity contribution in [2.24, 2.45) is 0 Å². The first-order valence-electron chi connectivity index (χ1n) is 8.66. The first-order chi connectivity index (χ1) is 12.2. The summed E-state index contributed by atoms with van der Waals surface area (Å²) >= 11 is 0. The fourth-order valence-electron chi connectivity index (χ4n) is 3.15. The summed E-state index contributed by atoms with van der Waals surface area (Å²) < 4.78 is 18.5. The van der Waals surface area contributed by atoms with E-state index >= 15 is 0 Å². The molecule has 1 N–H and O–H groups in total. The number of carbonyl (C=O) groups excluding carboxylic acids is 1. The Hall–Kier alpha value is -2.40. The summed E-state index contributed by atoms with van der Waals surface area (Å²) in [7, 11) is 0. The first kappa shape index (κ1) is 17.4. The summed E-state index contributed by atoms with van der Waals surface area (Å²) in [6.45, 7) is 2.52. The van der Waals surface area contributed by atoms with Crippen molar-refractivity contribution in [3.63, 3.8) is 0 Å². The predicted molar refractivity (Wildman–Crippen MR) is 94.9 cm³/mol. The summed E-state index contributed by atoms with van der Waals surface area (Å²) in [5.74, 6) is -0.227. The van der Waals surface area contributed by atoms with Crippen LogP contribution >= 0.6 is 0 Å². The number of amides is 1. The number of likely N-dealkylation sites (tertiary alicyclic amines) is 1. The first-order valence-corrected chi connectivity index (χ1v) is 8.66. The fraction of sp³-hybridized carbons (Fsp3) is 0.350. The largest absolute Gasteiger partial charge is 0.484 e. The van der Waals surface area contributed by atoms with Gasteiger partial charge in [0.15, 0.2) is 6.61 Å². The second kappa shape index (κ2) is 8.62. The lowest BCUT2D eigenvalue weighted by molar-refractivity contribution is -0.123. The molecule has 0 aromatic heterocycles. The highest BCUT2D eigenvalue weighted by atomic mass is 19.1. The number of carbonyl (C=O) groups is 1. The fourth-order valence-corrected chi connectivity index (χ4v) is 3.15. The SMILES string of the molecule is O=C(COc1cccc(F)c1)NC[C@@H](c1ccccc1)N1CCCC1. The van der Waals surface area contributed by atoms with E-state index in [4.69, 9.17) is 4.74 Å². The molecule has 0 radical (unpaired) electrons. The highest BCUT2D eigenvalue weighted by molar-refractivity contribution is 5.77. The molecule has 25 heavy (non-hydrogen) atoms. The van der Waals surface area contributed by atoms with Gasteiger partial charge < -0.3 is 10.1 Å². The molecule has 0 saturated carbocycles. The average Bonchev–Trinajstić information content (AvgIpc) is 3.15. The van der Waals surface area contributed by atoms with Crippen molar-refractivity contribution in [3.05, 3.63) is 66.0 Å². The van der Waals surface area contributed by atoms with Crippen molar-refractivity contribution in [3.8, 4) is 5.75 Å². The van der Waals surface area contributed by atoms with Crippen molar-refractivity contribution < 1.29 is 13.9 Å². The van der Waals surface area contributed by atoms with Crippen molar-refractivity contribution in [1.29, 1.82) is 0 Å². The highest BCUT2D eigenvalue weighted by Gasteiger charge is 2.23. The third-order valence-corrected chi connectivity index (χ3v) is 4.42. The van der Waals surface area contributed by atoms with Gasteiger partial charge in [-0.1, -0.05) is 36.4 Å². The number of hydrogen-bond acceptors (Lipinski definition) is 3. The summed E-state index contributed by atoms with van der Waals surface area (Å²) in [6, 6.07) is 16.2. The molecule has 1 heterocycles. The molecule has 0 bridgehead atoms. The number of halogens is 1. The maximum absolute atomic E-state index is 13.1. The number of nitrogens with one attached hydrogen (secondary N) is 1. The van der Waals surface area contributed by atoms with Gasteiger partial charge in [0.25, 0.3) is 5.91 Å². The molecule has 0 spiro atoms. The molecule has 1 saturated heterocycles. The van der Waals surface area contributed by atoms with Crippen LogP contribution in [0.5, 0.6) is 5.75 Å². The van der Waals surface area contributed by atoms with Crippen LogP contribution < -0.4 is 10.1 Å². The number of rotatable bonds is 7. The Morgan fingerprint density at radius 3 is 2.60 bits per heavy atom. The van der Waals surface area contributed by atoms with Gasteiger partial charge in [-0.05, 0) is 43.6 Å². The van der Waals surface area contributed by atoms with Gasteiger partial charge in [0.05, 0.1) is 6.04 Å². The Labute approximate surface area is 147 Å². The predicted octanol–water partition coefficient (Wildman–Crippen LogP) is 3.16. The van der Waals surface area contributed by atoms with Gasteiger partial charge in [-0.15, -0.1) is 0 Å². The van der Waals surface area contributed by atoms with Crippen molar-refractivity contribution in [2.45, 2.75) is 18.9 Å². The van der Waals surface area contributed by atoms with E-state index in [2.05, 4.69) is 22.3 Å². The summed E-state index contributed by atoms with van der Waals surface area (Å²) in [5, 5.41) is 2.94. The van der Waals surface area contributed by atoms with E-state index in [1.807, 2.05) is 18.2 Å². The van der Waals surface area contributed by atoms with Crippen LogP contribution in [0.2, 0.25) is 0 Å². The molecular weight excluding hydrogens is 319 g/mol. The van der Waals surface area contributed by atoms with Crippen LogP contribution in [0.1, 0.15) is 24.4 Å². The van der Waals surface area contributed by atoms with Crippen LogP contribution in [-0.4, -0.2) is 37.0 Å². The van der Waals surface area contributed by atoms with Crippen LogP contribution in [0, 0.1) is 5.82 Å². The van der Waals surface area contributed by atoms with E-state index < -0.39 is 0 Å². The molecule has 0 aliphatic carbocycles. The Morgan fingerprint density at radius 1 is 1.12 bits per heavy atom. The van der Waals surface area contributed by atoms with Crippen LogP contribution in [-0.2, 0) is 4.79 Å². The smallest absolute Gasteiger partial charge is 0.258 e. The summed E-state index contributed by atoms with van der Waals surface area (Å²) in [4.78, 5) is 14.5. The lowest BCUT2D eigenvalue weighted by Crippen LogP contribution is -2.38. The van der Waals surface area contributed by atoms with Crippen LogP contribution in [0.15, 0.2) is 54.6 Å². The van der Waals surface area contributed by atoms with Crippen molar-refractivity contribution in [2.75, 3.05) is 26.2 Å². The third-order valence-electron chi connectivity index (χ3n) is 4.42. The van der Waals surface area contributed by atoms with E-state index in [9.17, 15) is 9.18 Å². The summed E-state index contributed by atoms with van der Waals surface area (Å²) in [6.07, 6.45) is 2.39. The normalized spacial score (nSPS) is 15.7. The van der Waals surface area contributed by atoms with Crippen LogP contribution in [0.25, 0.3) is 0 Å². The third kappa shape index (κ3) is 5.03. The van der Waals surface area contributed by atoms with Crippen molar-refractivity contribution in [1.82, 2.24) is 10.2 Å². The molecule has 1 fully saturated rings. The second-order valence-corrected chi connectivity index (χ2v) is 6.22. The Balaban J connectivity index is 1.54. The number of ether oxygens (including phenoxy) is 1. The maximum Gasteiger partial charge on any atom is 0.258 e. The van der Waals surface area contributed by atoms with E-state index in [0.717, 1.165) is 13.1 Å². The Kier molecular flexibility index (Phi) is 6.01. The van der Waals surface area contributed by atoms with Crippen molar-refractivity contribution >= 4 is 5.91 Å². The van der Waals surface area contributed by atoms with Gasteiger partial charge in [0, 0.05) is 12.6 Å². The zero-order valence-corrected chi connectivity index (χ0v) is 14.2. The molecule has 1 aliphatic rings. The van der Waals surface area contributed by atoms with Gasteiger partial charge >= 0.3 is 0 Å². The minimum absolute atomic E-state index is 0.120. The van der Waals surface area contributed by atoms with Gasteiger partial charge in [0.2, 0.25) is 0 Å². The van der Waals surface area contributed by atoms with E-state index in [1.54, 1.807) is 12.1 Å². The molecular formula is C20H23FN2O2. The van der Waals surface area contributed by atoms with E-state index in [0.29, 0.717) is 12.3 Å². The van der Waals surface area contributed by atoms with Gasteiger partial charge in [-0.2, -0.15) is 0 Å². The zero-order valence-electron chi connectivity index (χ0n) is 14.2. The van der Waals surface area contributed by atoms with Gasteiger partial charge in [-0.25, -0.2) is 4.39 Å². The van der Waals surface area contributed by atoms with Crippen LogP contribution in [0.4, 0.5) is 4.39 Å². The molecule has 132 valence electrons. The van der Waals surface area contributed by atoms with Gasteiger partial charge in [0.1, 0.15) is 11.6 Å². The topological polar surface area (TPSA) is 41.6 Å². The maximum atomic E-state index is 13.1. The molecule has 5 heteroatoms. The molecule has 1 aliphatic heterocycles. The van der Waals surface area contributed by atoms with Gasteiger partial charge in [-0.3, -0.25) is 9.69 Å². The lowest BCUT2D eigenvalue weighted by Gasteiger charge is -2.28. The molecule has 2 aromatic carbocycles.